The Bertz CT molecular complexity index is 876. The number of rotatable bonds is 4. The lowest BCUT2D eigenvalue weighted by Crippen LogP contribution is -2.48. The number of carbonyl (C=O) groups is 3. The van der Waals surface area contributed by atoms with Gasteiger partial charge in [0.05, 0.1) is 0 Å². The molecule has 6 heteroatoms. The van der Waals surface area contributed by atoms with E-state index in [1.807, 2.05) is 9.80 Å². The summed E-state index contributed by atoms with van der Waals surface area (Å²) < 4.78 is 5.12. The smallest absolute Gasteiger partial charge is 0.308 e. The zero-order valence-corrected chi connectivity index (χ0v) is 19.1. The minimum Gasteiger partial charge on any atom is -0.427 e. The highest BCUT2D eigenvalue weighted by Crippen LogP contribution is 2.61. The van der Waals surface area contributed by atoms with E-state index in [4.69, 9.17) is 4.74 Å². The van der Waals surface area contributed by atoms with Crippen LogP contribution < -0.4 is 4.74 Å². The second kappa shape index (κ2) is 8.53. The number of ether oxygens (including phenoxy) is 1. The maximum Gasteiger partial charge on any atom is 0.308 e. The molecule has 1 aromatic rings. The first-order valence-electron chi connectivity index (χ1n) is 12.2. The van der Waals surface area contributed by atoms with Gasteiger partial charge in [-0.15, -0.1) is 0 Å². The molecule has 1 aliphatic heterocycles. The molecular weight excluding hydrogens is 404 g/mol. The summed E-state index contributed by atoms with van der Waals surface area (Å²) >= 11 is 0. The topological polar surface area (TPSA) is 66.9 Å². The van der Waals surface area contributed by atoms with Crippen molar-refractivity contribution in [2.45, 2.75) is 58.3 Å². The molecular formula is C26H34N2O4. The predicted molar refractivity (Wildman–Crippen MR) is 120 cm³/mol. The average molecular weight is 439 g/mol. The van der Waals surface area contributed by atoms with Gasteiger partial charge < -0.3 is 14.5 Å². The van der Waals surface area contributed by atoms with Crippen molar-refractivity contribution in [1.82, 2.24) is 9.80 Å². The zero-order valence-electron chi connectivity index (χ0n) is 19.1. The lowest BCUT2D eigenvalue weighted by atomic mass is 9.49. The van der Waals surface area contributed by atoms with Crippen LogP contribution in [0, 0.1) is 23.2 Å². The second-order valence-electron chi connectivity index (χ2n) is 10.7. The first-order chi connectivity index (χ1) is 15.4. The molecule has 1 saturated heterocycles. The van der Waals surface area contributed by atoms with Crippen LogP contribution in [0.1, 0.15) is 68.6 Å². The van der Waals surface area contributed by atoms with Crippen molar-refractivity contribution in [3.05, 3.63) is 29.8 Å². The molecule has 4 bridgehead atoms. The van der Waals surface area contributed by atoms with Crippen molar-refractivity contribution < 1.29 is 19.1 Å². The third kappa shape index (κ3) is 4.41. The van der Waals surface area contributed by atoms with Gasteiger partial charge in [-0.3, -0.25) is 14.4 Å². The molecule has 0 aromatic heterocycles. The molecule has 32 heavy (non-hydrogen) atoms. The number of hydrogen-bond acceptors (Lipinski definition) is 4. The average Bonchev–Trinajstić information content (AvgIpc) is 2.98. The molecule has 6 rings (SSSR count). The Morgan fingerprint density at radius 1 is 0.938 bits per heavy atom. The summed E-state index contributed by atoms with van der Waals surface area (Å²) in [7, 11) is 0. The molecule has 5 fully saturated rings. The molecule has 0 spiro atoms. The third-order valence-electron chi connectivity index (χ3n) is 8.17. The number of carbonyl (C=O) groups excluding carboxylic acids is 3. The fraction of sp³-hybridized carbons (Fsp3) is 0.654. The summed E-state index contributed by atoms with van der Waals surface area (Å²) in [6.45, 7) is 3.85. The zero-order chi connectivity index (χ0) is 22.3. The third-order valence-corrected chi connectivity index (χ3v) is 8.17. The van der Waals surface area contributed by atoms with E-state index in [0.717, 1.165) is 30.7 Å². The van der Waals surface area contributed by atoms with Crippen LogP contribution in [-0.2, 0) is 9.59 Å². The molecule has 2 amide bonds. The largest absolute Gasteiger partial charge is 0.427 e. The highest BCUT2D eigenvalue weighted by molar-refractivity contribution is 5.94. The van der Waals surface area contributed by atoms with Crippen LogP contribution in [0.2, 0.25) is 0 Å². The van der Waals surface area contributed by atoms with Gasteiger partial charge in [-0.2, -0.15) is 0 Å². The first-order valence-corrected chi connectivity index (χ1v) is 12.2. The van der Waals surface area contributed by atoms with Crippen molar-refractivity contribution in [1.29, 1.82) is 0 Å². The second-order valence-corrected chi connectivity index (χ2v) is 10.7. The molecule has 0 radical (unpaired) electrons. The fourth-order valence-corrected chi connectivity index (χ4v) is 7.35. The molecule has 0 unspecified atom stereocenters. The quantitative estimate of drug-likeness (QED) is 0.528. The minimum atomic E-state index is -0.405. The van der Waals surface area contributed by atoms with Crippen LogP contribution in [0.5, 0.6) is 5.75 Å². The van der Waals surface area contributed by atoms with E-state index >= 15 is 0 Å². The number of benzene rings is 1. The van der Waals surface area contributed by atoms with Gasteiger partial charge in [-0.25, -0.2) is 0 Å². The van der Waals surface area contributed by atoms with E-state index in [1.165, 1.54) is 45.4 Å². The summed E-state index contributed by atoms with van der Waals surface area (Å²) in [5.41, 5.74) is 0.766. The summed E-state index contributed by atoms with van der Waals surface area (Å²) in [5, 5.41) is 0. The summed E-state index contributed by atoms with van der Waals surface area (Å²) in [6.07, 6.45) is 9.44. The molecule has 0 N–H and O–H groups in total. The molecule has 1 aromatic carbocycles. The number of hydrogen-bond donors (Lipinski definition) is 0. The van der Waals surface area contributed by atoms with Crippen LogP contribution in [0.25, 0.3) is 0 Å². The van der Waals surface area contributed by atoms with Crippen molar-refractivity contribution >= 4 is 17.8 Å². The van der Waals surface area contributed by atoms with Gasteiger partial charge in [0, 0.05) is 45.1 Å². The van der Waals surface area contributed by atoms with Gasteiger partial charge in [-0.05, 0) is 86.3 Å². The molecule has 0 atom stereocenters. The maximum absolute atomic E-state index is 13.3. The molecule has 4 saturated carbocycles. The molecule has 172 valence electrons. The van der Waals surface area contributed by atoms with E-state index < -0.39 is 5.97 Å². The van der Waals surface area contributed by atoms with Gasteiger partial charge in [0.25, 0.3) is 5.91 Å². The molecule has 6 nitrogen and oxygen atoms in total. The Morgan fingerprint density at radius 3 is 2.22 bits per heavy atom. The van der Waals surface area contributed by atoms with Crippen molar-refractivity contribution in [2.24, 2.45) is 23.2 Å². The summed E-state index contributed by atoms with van der Waals surface area (Å²) in [6, 6.07) is 6.76. The Hall–Kier alpha value is -2.37. The summed E-state index contributed by atoms with van der Waals surface area (Å²) in [5.74, 6) is 2.76. The van der Waals surface area contributed by atoms with Gasteiger partial charge in [0.1, 0.15) is 5.75 Å². The van der Waals surface area contributed by atoms with E-state index in [0.29, 0.717) is 37.4 Å². The Morgan fingerprint density at radius 2 is 1.56 bits per heavy atom. The van der Waals surface area contributed by atoms with E-state index in [1.54, 1.807) is 24.3 Å². The van der Waals surface area contributed by atoms with Gasteiger partial charge in [0.15, 0.2) is 0 Å². The minimum absolute atomic E-state index is 0.0746. The van der Waals surface area contributed by atoms with E-state index in [9.17, 15) is 14.4 Å². The SMILES string of the molecule is CC(=O)Oc1cccc(C(=O)N2CCCN(C(=O)CC34CC5CC(CC(C5)C3)C4)CC2)c1. The number of nitrogens with zero attached hydrogens (tertiary/aromatic N) is 2. The first kappa shape index (κ1) is 21.5. The van der Waals surface area contributed by atoms with Crippen LogP contribution in [0.15, 0.2) is 24.3 Å². The van der Waals surface area contributed by atoms with Gasteiger partial charge >= 0.3 is 5.97 Å². The van der Waals surface area contributed by atoms with Gasteiger partial charge in [0.2, 0.25) is 5.91 Å². The highest BCUT2D eigenvalue weighted by Gasteiger charge is 2.51. The fourth-order valence-electron chi connectivity index (χ4n) is 7.35. The predicted octanol–water partition coefficient (Wildman–Crippen LogP) is 3.89. The van der Waals surface area contributed by atoms with E-state index in [2.05, 4.69) is 0 Å². The highest BCUT2D eigenvalue weighted by atomic mass is 16.5. The van der Waals surface area contributed by atoms with Crippen molar-refractivity contribution in [3.63, 3.8) is 0 Å². The number of esters is 1. The van der Waals surface area contributed by atoms with Crippen LogP contribution in [-0.4, -0.2) is 53.8 Å². The molecule has 4 aliphatic carbocycles. The lowest BCUT2D eigenvalue weighted by Gasteiger charge is -2.57. The molecule has 5 aliphatic rings. The van der Waals surface area contributed by atoms with Crippen LogP contribution in [0.4, 0.5) is 0 Å². The lowest BCUT2D eigenvalue weighted by molar-refractivity contribution is -0.139. The standard InChI is InChI=1S/C26H34N2O4/c1-18(29)32-23-5-2-4-22(13-23)25(31)28-7-3-6-27(8-9-28)24(30)17-26-14-19-10-20(15-26)12-21(11-19)16-26/h2,4-5,13,19-21H,3,6-12,14-17H2,1H3. The maximum atomic E-state index is 13.3. The normalized spacial score (nSPS) is 31.3. The van der Waals surface area contributed by atoms with Crippen LogP contribution in [0.3, 0.4) is 0 Å². The van der Waals surface area contributed by atoms with Crippen molar-refractivity contribution in [3.8, 4) is 5.75 Å². The Labute approximate surface area is 190 Å². The Kier molecular flexibility index (Phi) is 5.72. The monoisotopic (exact) mass is 438 g/mol. The van der Waals surface area contributed by atoms with Crippen molar-refractivity contribution in [2.75, 3.05) is 26.2 Å². The molecule has 1 heterocycles. The van der Waals surface area contributed by atoms with Gasteiger partial charge in [-0.1, -0.05) is 6.07 Å². The number of amides is 2. The summed E-state index contributed by atoms with van der Waals surface area (Å²) in [4.78, 5) is 41.4. The Balaban J connectivity index is 1.19. The van der Waals surface area contributed by atoms with Crippen LogP contribution >= 0.6 is 0 Å². The van der Waals surface area contributed by atoms with E-state index in [-0.39, 0.29) is 17.2 Å².